The van der Waals surface area contributed by atoms with Gasteiger partial charge in [-0.15, -0.1) is 24.8 Å². The number of nitrogens with one attached hydrogen (secondary N) is 1. The highest BCUT2D eigenvalue weighted by Gasteiger charge is 2.28. The molecule has 0 radical (unpaired) electrons. The minimum atomic E-state index is 0. The summed E-state index contributed by atoms with van der Waals surface area (Å²) in [4.78, 5) is 2.71. The van der Waals surface area contributed by atoms with Gasteiger partial charge in [0.25, 0.3) is 0 Å². The smallest absolute Gasteiger partial charge is 0.0380 e. The van der Waals surface area contributed by atoms with Gasteiger partial charge in [-0.1, -0.05) is 74.9 Å². The summed E-state index contributed by atoms with van der Waals surface area (Å²) in [5.41, 5.74) is 1.51. The van der Waals surface area contributed by atoms with Crippen LogP contribution >= 0.6 is 24.8 Å². The average Bonchev–Trinajstić information content (AvgIpc) is 2.73. The van der Waals surface area contributed by atoms with E-state index in [0.29, 0.717) is 12.0 Å². The molecule has 154 valence electrons. The van der Waals surface area contributed by atoms with E-state index in [1.807, 2.05) is 0 Å². The minimum absolute atomic E-state index is 0. The van der Waals surface area contributed by atoms with Crippen molar-refractivity contribution in [2.45, 2.75) is 26.3 Å². The first kappa shape index (κ1) is 22.1. The Morgan fingerprint density at radius 2 is 1.41 bits per heavy atom. The molecule has 1 fully saturated rings. The van der Waals surface area contributed by atoms with Gasteiger partial charge in [0.2, 0.25) is 0 Å². The van der Waals surface area contributed by atoms with Crippen LogP contribution in [-0.4, -0.2) is 31.1 Å². The summed E-state index contributed by atoms with van der Waals surface area (Å²) < 4.78 is 0. The lowest BCUT2D eigenvalue weighted by Crippen LogP contribution is -2.46. The van der Waals surface area contributed by atoms with Gasteiger partial charge in [0.15, 0.2) is 0 Å². The van der Waals surface area contributed by atoms with E-state index in [2.05, 4.69) is 78.7 Å². The Morgan fingerprint density at radius 1 is 0.828 bits per heavy atom. The Hall–Kier alpha value is -1.58. The first-order chi connectivity index (χ1) is 13.3. The Balaban J connectivity index is 0.00000120. The van der Waals surface area contributed by atoms with Crippen LogP contribution in [0.2, 0.25) is 0 Å². The summed E-state index contributed by atoms with van der Waals surface area (Å²) in [5.74, 6) is 0.640. The van der Waals surface area contributed by atoms with Crippen molar-refractivity contribution in [1.29, 1.82) is 0 Å². The molecular formula is C25H30Cl2N2. The molecule has 4 aromatic rings. The number of piperazine rings is 1. The number of hydrogen-bond donors (Lipinski definition) is 1. The Bertz CT molecular complexity index is 1070. The van der Waals surface area contributed by atoms with Crippen molar-refractivity contribution in [2.75, 3.05) is 26.2 Å². The van der Waals surface area contributed by atoms with Crippen LogP contribution in [0, 0.1) is 5.92 Å². The van der Waals surface area contributed by atoms with Gasteiger partial charge in [-0.05, 0) is 43.8 Å². The molecule has 4 aromatic carbocycles. The zero-order valence-electron chi connectivity index (χ0n) is 17.2. The highest BCUT2D eigenvalue weighted by molar-refractivity contribution is 6.23. The molecule has 1 N–H and O–H groups in total. The second-order valence-corrected chi connectivity index (χ2v) is 8.13. The summed E-state index contributed by atoms with van der Waals surface area (Å²) in [5, 5.41) is 11.9. The second kappa shape index (κ2) is 9.06. The third kappa shape index (κ3) is 3.68. The number of halogens is 2. The van der Waals surface area contributed by atoms with Crippen LogP contribution in [-0.2, 0) is 0 Å². The largest absolute Gasteiger partial charge is 0.314 e. The fourth-order valence-electron chi connectivity index (χ4n) is 5.06. The quantitative estimate of drug-likeness (QED) is 0.377. The second-order valence-electron chi connectivity index (χ2n) is 8.13. The molecule has 2 atom stereocenters. The third-order valence-electron chi connectivity index (χ3n) is 6.61. The summed E-state index contributed by atoms with van der Waals surface area (Å²) in [6, 6.07) is 21.2. The molecule has 0 aliphatic carbocycles. The zero-order valence-corrected chi connectivity index (χ0v) is 18.8. The lowest BCUT2D eigenvalue weighted by molar-refractivity contribution is 0.129. The fourth-order valence-corrected chi connectivity index (χ4v) is 5.06. The molecule has 1 aliphatic heterocycles. The molecule has 0 spiro atoms. The standard InChI is InChI=1S/C25H28N2.2ClH/c1-3-17(2)25(27-15-13-26-14-16-27)22-12-10-20-8-7-18-5-4-6-19-9-11-21(22)24(20)23(18)19;;/h4-12,17,25-26H,3,13-16H2,1-2H3;2*1H/t17?,25-;;/m1../s1. The molecular weight excluding hydrogens is 399 g/mol. The lowest BCUT2D eigenvalue weighted by Gasteiger charge is -2.39. The molecule has 29 heavy (non-hydrogen) atoms. The van der Waals surface area contributed by atoms with E-state index in [4.69, 9.17) is 0 Å². The van der Waals surface area contributed by atoms with Crippen LogP contribution in [0.25, 0.3) is 32.3 Å². The molecule has 4 heteroatoms. The molecule has 0 bridgehead atoms. The van der Waals surface area contributed by atoms with Crippen LogP contribution in [0.3, 0.4) is 0 Å². The topological polar surface area (TPSA) is 15.3 Å². The van der Waals surface area contributed by atoms with Crippen molar-refractivity contribution < 1.29 is 0 Å². The first-order valence-electron chi connectivity index (χ1n) is 10.4. The minimum Gasteiger partial charge on any atom is -0.314 e. The number of benzene rings is 4. The van der Waals surface area contributed by atoms with E-state index >= 15 is 0 Å². The van der Waals surface area contributed by atoms with Gasteiger partial charge < -0.3 is 5.32 Å². The van der Waals surface area contributed by atoms with E-state index in [9.17, 15) is 0 Å². The molecule has 1 unspecified atom stereocenters. The summed E-state index contributed by atoms with van der Waals surface area (Å²) in [7, 11) is 0. The van der Waals surface area contributed by atoms with E-state index < -0.39 is 0 Å². The monoisotopic (exact) mass is 428 g/mol. The number of nitrogens with zero attached hydrogens (tertiary/aromatic N) is 1. The fraction of sp³-hybridized carbons (Fsp3) is 0.360. The maximum atomic E-state index is 3.51. The lowest BCUT2D eigenvalue weighted by atomic mass is 9.84. The Labute approximate surface area is 185 Å². The van der Waals surface area contributed by atoms with Crippen LogP contribution in [0.15, 0.2) is 54.6 Å². The van der Waals surface area contributed by atoms with Gasteiger partial charge >= 0.3 is 0 Å². The molecule has 2 nitrogen and oxygen atoms in total. The molecule has 0 aromatic heterocycles. The SMILES string of the molecule is CCC(C)[C@H](c1ccc2ccc3cccc4ccc1c2c34)N1CCNCC1.Cl.Cl. The van der Waals surface area contributed by atoms with E-state index in [-0.39, 0.29) is 24.8 Å². The van der Waals surface area contributed by atoms with Crippen LogP contribution < -0.4 is 5.32 Å². The van der Waals surface area contributed by atoms with Crippen molar-refractivity contribution in [3.8, 4) is 0 Å². The maximum Gasteiger partial charge on any atom is 0.0380 e. The molecule has 0 saturated carbocycles. The molecule has 1 saturated heterocycles. The number of hydrogen-bond acceptors (Lipinski definition) is 2. The van der Waals surface area contributed by atoms with E-state index in [1.54, 1.807) is 0 Å². The average molecular weight is 429 g/mol. The summed E-state index contributed by atoms with van der Waals surface area (Å²) >= 11 is 0. The molecule has 0 amide bonds. The predicted molar refractivity (Wildman–Crippen MR) is 131 cm³/mol. The highest BCUT2D eigenvalue weighted by atomic mass is 35.5. The van der Waals surface area contributed by atoms with Crippen LogP contribution in [0.5, 0.6) is 0 Å². The van der Waals surface area contributed by atoms with Crippen molar-refractivity contribution in [1.82, 2.24) is 10.2 Å². The summed E-state index contributed by atoms with van der Waals surface area (Å²) in [6.07, 6.45) is 1.20. The normalized spacial score (nSPS) is 17.2. The van der Waals surface area contributed by atoms with Crippen LogP contribution in [0.4, 0.5) is 0 Å². The third-order valence-corrected chi connectivity index (χ3v) is 6.61. The Morgan fingerprint density at radius 3 is 2.07 bits per heavy atom. The van der Waals surface area contributed by atoms with Gasteiger partial charge in [-0.25, -0.2) is 0 Å². The molecule has 1 heterocycles. The predicted octanol–water partition coefficient (Wildman–Crippen LogP) is 6.42. The van der Waals surface area contributed by atoms with Gasteiger partial charge in [-0.2, -0.15) is 0 Å². The Kier molecular flexibility index (Phi) is 6.90. The van der Waals surface area contributed by atoms with Crippen LogP contribution in [0.1, 0.15) is 31.9 Å². The van der Waals surface area contributed by atoms with Gasteiger partial charge in [0.1, 0.15) is 0 Å². The van der Waals surface area contributed by atoms with Gasteiger partial charge in [0.05, 0.1) is 0 Å². The number of rotatable bonds is 4. The zero-order chi connectivity index (χ0) is 18.4. The molecule has 1 aliphatic rings. The maximum absolute atomic E-state index is 3.51. The highest BCUT2D eigenvalue weighted by Crippen LogP contribution is 2.41. The van der Waals surface area contributed by atoms with Gasteiger partial charge in [-0.3, -0.25) is 4.90 Å². The van der Waals surface area contributed by atoms with E-state index in [0.717, 1.165) is 26.2 Å². The summed E-state index contributed by atoms with van der Waals surface area (Å²) in [6.45, 7) is 9.21. The van der Waals surface area contributed by atoms with Crippen molar-refractivity contribution >= 4 is 57.1 Å². The van der Waals surface area contributed by atoms with Crippen molar-refractivity contribution in [2.24, 2.45) is 5.92 Å². The van der Waals surface area contributed by atoms with Crippen molar-refractivity contribution in [3.63, 3.8) is 0 Å². The first-order valence-corrected chi connectivity index (χ1v) is 10.4. The van der Waals surface area contributed by atoms with E-state index in [1.165, 1.54) is 44.3 Å². The van der Waals surface area contributed by atoms with Gasteiger partial charge in [0, 0.05) is 32.2 Å². The van der Waals surface area contributed by atoms with Crippen molar-refractivity contribution in [3.05, 3.63) is 60.2 Å². The molecule has 5 rings (SSSR count).